The maximum atomic E-state index is 12.4. The summed E-state index contributed by atoms with van der Waals surface area (Å²) < 4.78 is 5.05. The smallest absolute Gasteiger partial charge is 0.329 e. The highest BCUT2D eigenvalue weighted by Gasteiger charge is 2.29. The van der Waals surface area contributed by atoms with E-state index in [1.807, 2.05) is 6.26 Å². The van der Waals surface area contributed by atoms with E-state index in [9.17, 15) is 19.2 Å². The van der Waals surface area contributed by atoms with Gasteiger partial charge in [-0.2, -0.15) is 11.8 Å². The Bertz CT molecular complexity index is 727. The van der Waals surface area contributed by atoms with Gasteiger partial charge in [0.2, 0.25) is 5.91 Å². The molecule has 9 heteroatoms. The van der Waals surface area contributed by atoms with Crippen molar-refractivity contribution >= 4 is 47.1 Å². The number of amides is 3. The van der Waals surface area contributed by atoms with Crippen LogP contribution in [0.25, 0.3) is 0 Å². The molecule has 1 saturated heterocycles. The molecule has 2 rings (SSSR count). The fraction of sp³-hybridized carbons (Fsp3) is 0.444. The fourth-order valence-electron chi connectivity index (χ4n) is 2.59. The number of hydrogen-bond acceptors (Lipinski definition) is 6. The van der Waals surface area contributed by atoms with E-state index in [2.05, 4.69) is 5.32 Å². The second kappa shape index (κ2) is 10.3. The Morgan fingerprint density at radius 1 is 1.33 bits per heavy atom. The van der Waals surface area contributed by atoms with Gasteiger partial charge in [-0.25, -0.2) is 4.79 Å². The van der Waals surface area contributed by atoms with Crippen LogP contribution in [0.4, 0.5) is 0 Å². The molecule has 1 N–H and O–H groups in total. The minimum absolute atomic E-state index is 0.250. The number of nitrogens with zero attached hydrogens (tertiary/aromatic N) is 1. The molecule has 27 heavy (non-hydrogen) atoms. The molecule has 146 valence electrons. The first-order chi connectivity index (χ1) is 12.9. The lowest BCUT2D eigenvalue weighted by Crippen LogP contribution is -2.44. The van der Waals surface area contributed by atoms with E-state index in [1.54, 1.807) is 24.3 Å². The number of halogens is 1. The van der Waals surface area contributed by atoms with E-state index in [0.29, 0.717) is 31.6 Å². The number of likely N-dealkylation sites (tertiary alicyclic amines) is 1. The topological polar surface area (TPSA) is 92.8 Å². The van der Waals surface area contributed by atoms with Gasteiger partial charge in [-0.15, -0.1) is 0 Å². The van der Waals surface area contributed by atoms with Crippen LogP contribution in [-0.2, 0) is 19.1 Å². The molecule has 1 fully saturated rings. The number of imide groups is 1. The van der Waals surface area contributed by atoms with Crippen molar-refractivity contribution in [3.8, 4) is 0 Å². The lowest BCUT2D eigenvalue weighted by Gasteiger charge is -2.19. The number of nitrogens with one attached hydrogen (secondary N) is 1. The molecule has 0 aliphatic carbocycles. The Labute approximate surface area is 166 Å². The van der Waals surface area contributed by atoms with Crippen LogP contribution in [0.15, 0.2) is 24.3 Å². The van der Waals surface area contributed by atoms with Gasteiger partial charge >= 0.3 is 5.97 Å². The third-order valence-corrected chi connectivity index (χ3v) is 5.00. The summed E-state index contributed by atoms with van der Waals surface area (Å²) in [6, 6.07) is 5.59. The summed E-state index contributed by atoms with van der Waals surface area (Å²) in [5.74, 6) is -1.41. The highest BCUT2D eigenvalue weighted by atomic mass is 35.5. The maximum absolute atomic E-state index is 12.4. The number of carbonyl (C=O) groups is 4. The lowest BCUT2D eigenvalue weighted by atomic mass is 10.1. The Morgan fingerprint density at radius 2 is 2.07 bits per heavy atom. The van der Waals surface area contributed by atoms with Gasteiger partial charge in [0.05, 0.1) is 10.6 Å². The summed E-state index contributed by atoms with van der Waals surface area (Å²) in [6.07, 6.45) is 3.15. The largest absolute Gasteiger partial charge is 0.454 e. The highest BCUT2D eigenvalue weighted by molar-refractivity contribution is 7.98. The van der Waals surface area contributed by atoms with Gasteiger partial charge in [0.1, 0.15) is 6.04 Å². The summed E-state index contributed by atoms with van der Waals surface area (Å²) in [5.41, 5.74) is 0.250. The molecule has 1 atom stereocenters. The minimum atomic E-state index is -0.914. The third kappa shape index (κ3) is 5.97. The van der Waals surface area contributed by atoms with Crippen molar-refractivity contribution in [2.24, 2.45) is 0 Å². The Hall–Kier alpha value is -2.06. The quantitative estimate of drug-likeness (QED) is 0.655. The van der Waals surface area contributed by atoms with Gasteiger partial charge in [-0.3, -0.25) is 19.3 Å². The molecular formula is C18H21ClN2O5S. The SMILES string of the molecule is CSCC[C@H](NC(=O)c1ccccc1Cl)C(=O)OCC(=O)N1CCCC1=O. The van der Waals surface area contributed by atoms with Crippen LogP contribution in [0, 0.1) is 0 Å². The Balaban J connectivity index is 1.96. The van der Waals surface area contributed by atoms with Crippen LogP contribution in [0.2, 0.25) is 5.02 Å². The van der Waals surface area contributed by atoms with Crippen molar-refractivity contribution in [2.45, 2.75) is 25.3 Å². The third-order valence-electron chi connectivity index (χ3n) is 4.03. The minimum Gasteiger partial charge on any atom is -0.454 e. The van der Waals surface area contributed by atoms with Crippen LogP contribution in [0.3, 0.4) is 0 Å². The molecule has 7 nitrogen and oxygen atoms in total. The van der Waals surface area contributed by atoms with Crippen LogP contribution in [0.1, 0.15) is 29.6 Å². The summed E-state index contributed by atoms with van der Waals surface area (Å²) in [7, 11) is 0. The van der Waals surface area contributed by atoms with Crippen molar-refractivity contribution in [3.63, 3.8) is 0 Å². The number of carbonyl (C=O) groups excluding carboxylic acids is 4. The fourth-order valence-corrected chi connectivity index (χ4v) is 3.28. The lowest BCUT2D eigenvalue weighted by molar-refractivity contribution is -0.156. The van der Waals surface area contributed by atoms with Crippen LogP contribution >= 0.6 is 23.4 Å². The van der Waals surface area contributed by atoms with E-state index in [-0.39, 0.29) is 16.5 Å². The molecule has 1 aromatic carbocycles. The zero-order chi connectivity index (χ0) is 19.8. The number of benzene rings is 1. The molecule has 1 aliphatic heterocycles. The van der Waals surface area contributed by atoms with E-state index in [0.717, 1.165) is 4.90 Å². The number of ether oxygens (including phenoxy) is 1. The zero-order valence-electron chi connectivity index (χ0n) is 14.9. The van der Waals surface area contributed by atoms with Gasteiger partial charge in [0.15, 0.2) is 6.61 Å². The molecule has 1 aromatic rings. The summed E-state index contributed by atoms with van der Waals surface area (Å²) in [4.78, 5) is 49.4. The first kappa shape index (κ1) is 21.2. The molecular weight excluding hydrogens is 392 g/mol. The van der Waals surface area contributed by atoms with Gasteiger partial charge < -0.3 is 10.1 Å². The molecule has 0 saturated carbocycles. The van der Waals surface area contributed by atoms with E-state index < -0.39 is 30.4 Å². The molecule has 1 aliphatic rings. The monoisotopic (exact) mass is 412 g/mol. The van der Waals surface area contributed by atoms with Crippen LogP contribution < -0.4 is 5.32 Å². The van der Waals surface area contributed by atoms with Gasteiger partial charge in [0, 0.05) is 13.0 Å². The van der Waals surface area contributed by atoms with Crippen molar-refractivity contribution in [1.29, 1.82) is 0 Å². The van der Waals surface area contributed by atoms with E-state index in [4.69, 9.17) is 16.3 Å². The number of esters is 1. The van der Waals surface area contributed by atoms with Crippen molar-refractivity contribution in [2.75, 3.05) is 25.2 Å². The normalized spacial score (nSPS) is 14.7. The summed E-state index contributed by atoms with van der Waals surface area (Å²) in [6.45, 7) is -0.184. The predicted octanol–water partition coefficient (Wildman–Crippen LogP) is 1.88. The molecule has 0 radical (unpaired) electrons. The summed E-state index contributed by atoms with van der Waals surface area (Å²) in [5, 5.41) is 2.88. The molecule has 0 spiro atoms. The molecule has 0 aromatic heterocycles. The standard InChI is InChI=1S/C18H21ClN2O5S/c1-27-10-8-14(20-17(24)12-5-2-3-6-13(12)19)18(25)26-11-16(23)21-9-4-7-15(21)22/h2-3,5-6,14H,4,7-11H2,1H3,(H,20,24)/t14-/m0/s1. The molecule has 1 heterocycles. The predicted molar refractivity (Wildman–Crippen MR) is 103 cm³/mol. The second-order valence-corrected chi connectivity index (χ2v) is 7.33. The van der Waals surface area contributed by atoms with Crippen molar-refractivity contribution in [3.05, 3.63) is 34.9 Å². The maximum Gasteiger partial charge on any atom is 0.329 e. The first-order valence-corrected chi connectivity index (χ1v) is 10.3. The van der Waals surface area contributed by atoms with Crippen molar-refractivity contribution < 1.29 is 23.9 Å². The number of hydrogen-bond donors (Lipinski definition) is 1. The summed E-state index contributed by atoms with van der Waals surface area (Å²) >= 11 is 7.53. The Morgan fingerprint density at radius 3 is 2.70 bits per heavy atom. The number of thioether (sulfide) groups is 1. The van der Waals surface area contributed by atoms with E-state index >= 15 is 0 Å². The van der Waals surface area contributed by atoms with Crippen LogP contribution in [0.5, 0.6) is 0 Å². The Kier molecular flexibility index (Phi) is 8.12. The molecule has 3 amide bonds. The zero-order valence-corrected chi connectivity index (χ0v) is 16.5. The van der Waals surface area contributed by atoms with Gasteiger partial charge in [-0.05, 0) is 37.0 Å². The van der Waals surface area contributed by atoms with Crippen LogP contribution in [-0.4, -0.2) is 59.8 Å². The van der Waals surface area contributed by atoms with E-state index in [1.165, 1.54) is 11.8 Å². The number of rotatable bonds is 8. The average Bonchev–Trinajstić information content (AvgIpc) is 3.09. The molecule has 0 bridgehead atoms. The van der Waals surface area contributed by atoms with Gasteiger partial charge in [0.25, 0.3) is 11.8 Å². The molecule has 0 unspecified atom stereocenters. The average molecular weight is 413 g/mol. The first-order valence-electron chi connectivity index (χ1n) is 8.48. The van der Waals surface area contributed by atoms with Crippen molar-refractivity contribution in [1.82, 2.24) is 10.2 Å². The highest BCUT2D eigenvalue weighted by Crippen LogP contribution is 2.15. The van der Waals surface area contributed by atoms with Gasteiger partial charge in [-0.1, -0.05) is 23.7 Å². The second-order valence-electron chi connectivity index (χ2n) is 5.94.